The fourth-order valence-corrected chi connectivity index (χ4v) is 2.09. The van der Waals surface area contributed by atoms with Crippen LogP contribution in [-0.2, 0) is 0 Å². The van der Waals surface area contributed by atoms with Gasteiger partial charge in [-0.15, -0.1) is 0 Å². The molecule has 23 heavy (non-hydrogen) atoms. The Morgan fingerprint density at radius 1 is 1.43 bits per heavy atom. The summed E-state index contributed by atoms with van der Waals surface area (Å²) >= 11 is 3.32. The summed E-state index contributed by atoms with van der Waals surface area (Å²) < 4.78 is 6.02. The van der Waals surface area contributed by atoms with Crippen molar-refractivity contribution in [2.75, 3.05) is 11.9 Å². The molecule has 120 valence electrons. The maximum absolute atomic E-state index is 12.2. The van der Waals surface area contributed by atoms with Crippen LogP contribution in [-0.4, -0.2) is 22.4 Å². The molecule has 0 aliphatic rings. The number of ether oxygens (including phenoxy) is 1. The Kier molecular flexibility index (Phi) is 5.28. The van der Waals surface area contributed by atoms with Gasteiger partial charge in [0.1, 0.15) is 5.82 Å². The van der Waals surface area contributed by atoms with Crippen LogP contribution >= 0.6 is 15.9 Å². The van der Waals surface area contributed by atoms with E-state index in [-0.39, 0.29) is 17.0 Å². The number of amides is 1. The first kappa shape index (κ1) is 16.9. The number of halogens is 1. The fourth-order valence-electron chi connectivity index (χ4n) is 1.88. The molecule has 0 saturated heterocycles. The summed E-state index contributed by atoms with van der Waals surface area (Å²) in [6, 6.07) is 5.77. The van der Waals surface area contributed by atoms with Crippen LogP contribution in [0.2, 0.25) is 0 Å². The minimum absolute atomic E-state index is 0.131. The minimum Gasteiger partial charge on any atom is -0.487 e. The van der Waals surface area contributed by atoms with Crippen molar-refractivity contribution in [2.24, 2.45) is 0 Å². The largest absolute Gasteiger partial charge is 0.487 e. The molecule has 2 aromatic rings. The fraction of sp³-hybridized carbons (Fsp3) is 0.200. The third kappa shape index (κ3) is 4.04. The lowest BCUT2D eigenvalue weighted by Crippen LogP contribution is -2.13. The molecule has 0 aliphatic heterocycles. The van der Waals surface area contributed by atoms with Gasteiger partial charge in [-0.05, 0) is 53.5 Å². The van der Waals surface area contributed by atoms with Crippen molar-refractivity contribution in [3.05, 3.63) is 56.2 Å². The summed E-state index contributed by atoms with van der Waals surface area (Å²) in [6.07, 6.45) is 1.57. The van der Waals surface area contributed by atoms with Gasteiger partial charge < -0.3 is 10.1 Å². The molecule has 0 bridgehead atoms. The number of nitro groups is 1. The van der Waals surface area contributed by atoms with E-state index >= 15 is 0 Å². The number of carbonyl (C=O) groups excluding carboxylic acids is 1. The van der Waals surface area contributed by atoms with E-state index < -0.39 is 10.8 Å². The molecule has 1 aromatic carbocycles. The molecule has 7 nitrogen and oxygen atoms in total. The maximum Gasteiger partial charge on any atom is 0.311 e. The van der Waals surface area contributed by atoms with Crippen molar-refractivity contribution in [2.45, 2.75) is 13.8 Å². The van der Waals surface area contributed by atoms with Crippen molar-refractivity contribution in [3.63, 3.8) is 0 Å². The van der Waals surface area contributed by atoms with Gasteiger partial charge in [0.2, 0.25) is 0 Å². The molecule has 8 heteroatoms. The lowest BCUT2D eigenvalue weighted by Gasteiger charge is -2.08. The number of hydrogen-bond acceptors (Lipinski definition) is 5. The third-order valence-corrected chi connectivity index (χ3v) is 3.84. The number of pyridine rings is 1. The van der Waals surface area contributed by atoms with Gasteiger partial charge in [-0.1, -0.05) is 0 Å². The number of aromatic nitrogens is 1. The lowest BCUT2D eigenvalue weighted by atomic mass is 10.1. The number of rotatable bonds is 5. The average Bonchev–Trinajstić information content (AvgIpc) is 2.51. The second kappa shape index (κ2) is 7.19. The van der Waals surface area contributed by atoms with Crippen molar-refractivity contribution in [1.82, 2.24) is 4.98 Å². The Morgan fingerprint density at radius 2 is 2.17 bits per heavy atom. The van der Waals surface area contributed by atoms with Gasteiger partial charge in [0.25, 0.3) is 5.91 Å². The number of benzene rings is 1. The molecular weight excluding hydrogens is 366 g/mol. The SMILES string of the molecule is CCOc1ccc(C(=O)Nc2cc(C)c(Br)cn2)cc1[N+](=O)[O-]. The molecule has 0 atom stereocenters. The molecule has 0 fully saturated rings. The molecule has 0 saturated carbocycles. The molecular formula is C15H14BrN3O4. The van der Waals surface area contributed by atoms with Crippen LogP contribution in [0.3, 0.4) is 0 Å². The maximum atomic E-state index is 12.2. The van der Waals surface area contributed by atoms with Gasteiger partial charge >= 0.3 is 5.69 Å². The van der Waals surface area contributed by atoms with Gasteiger partial charge in [-0.25, -0.2) is 4.98 Å². The van der Waals surface area contributed by atoms with Crippen LogP contribution in [0.4, 0.5) is 11.5 Å². The predicted octanol–water partition coefficient (Wildman–Crippen LogP) is 3.71. The van der Waals surface area contributed by atoms with Gasteiger partial charge in [0, 0.05) is 22.3 Å². The molecule has 1 N–H and O–H groups in total. The molecule has 1 aromatic heterocycles. The normalized spacial score (nSPS) is 10.2. The minimum atomic E-state index is -0.580. The van der Waals surface area contributed by atoms with Gasteiger partial charge in [0.05, 0.1) is 11.5 Å². The van der Waals surface area contributed by atoms with E-state index in [1.165, 1.54) is 18.2 Å². The van der Waals surface area contributed by atoms with Crippen LogP contribution in [0.15, 0.2) is 34.9 Å². The molecule has 0 unspecified atom stereocenters. The smallest absolute Gasteiger partial charge is 0.311 e. The van der Waals surface area contributed by atoms with Crippen molar-refractivity contribution in [1.29, 1.82) is 0 Å². The van der Waals surface area contributed by atoms with Gasteiger partial charge in [0.15, 0.2) is 5.75 Å². The van der Waals surface area contributed by atoms with Gasteiger partial charge in [-0.3, -0.25) is 14.9 Å². The highest BCUT2D eigenvalue weighted by atomic mass is 79.9. The third-order valence-electron chi connectivity index (χ3n) is 3.01. The summed E-state index contributed by atoms with van der Waals surface area (Å²) in [7, 11) is 0. The number of aryl methyl sites for hydroxylation is 1. The zero-order valence-corrected chi connectivity index (χ0v) is 14.1. The zero-order valence-electron chi connectivity index (χ0n) is 12.5. The predicted molar refractivity (Wildman–Crippen MR) is 88.9 cm³/mol. The Morgan fingerprint density at radius 3 is 2.78 bits per heavy atom. The lowest BCUT2D eigenvalue weighted by molar-refractivity contribution is -0.385. The molecule has 1 heterocycles. The van der Waals surface area contributed by atoms with E-state index in [0.29, 0.717) is 12.4 Å². The van der Waals surface area contributed by atoms with E-state index in [9.17, 15) is 14.9 Å². The summed E-state index contributed by atoms with van der Waals surface area (Å²) in [4.78, 5) is 26.8. The highest BCUT2D eigenvalue weighted by Crippen LogP contribution is 2.28. The number of nitro benzene ring substituents is 1. The zero-order chi connectivity index (χ0) is 17.0. The van der Waals surface area contributed by atoms with Gasteiger partial charge in [-0.2, -0.15) is 0 Å². The van der Waals surface area contributed by atoms with Crippen LogP contribution in [0.5, 0.6) is 5.75 Å². The number of nitrogens with zero attached hydrogens (tertiary/aromatic N) is 2. The first-order chi connectivity index (χ1) is 10.9. The number of anilines is 1. The van der Waals surface area contributed by atoms with Crippen LogP contribution in [0, 0.1) is 17.0 Å². The molecule has 2 rings (SSSR count). The monoisotopic (exact) mass is 379 g/mol. The van der Waals surface area contributed by atoms with Crippen molar-refractivity contribution < 1.29 is 14.5 Å². The number of nitrogens with one attached hydrogen (secondary N) is 1. The molecule has 1 amide bonds. The van der Waals surface area contributed by atoms with E-state index in [4.69, 9.17) is 4.74 Å². The molecule has 0 aliphatic carbocycles. The summed E-state index contributed by atoms with van der Waals surface area (Å²) in [5, 5.41) is 13.7. The van der Waals surface area contributed by atoms with E-state index in [0.717, 1.165) is 10.0 Å². The second-order valence-electron chi connectivity index (χ2n) is 4.65. The van der Waals surface area contributed by atoms with E-state index in [1.807, 2.05) is 6.92 Å². The highest BCUT2D eigenvalue weighted by Gasteiger charge is 2.19. The van der Waals surface area contributed by atoms with Crippen LogP contribution in [0.25, 0.3) is 0 Å². The Bertz CT molecular complexity index is 764. The van der Waals surface area contributed by atoms with Crippen molar-refractivity contribution in [3.8, 4) is 5.75 Å². The van der Waals surface area contributed by atoms with E-state index in [1.54, 1.807) is 19.2 Å². The highest BCUT2D eigenvalue weighted by molar-refractivity contribution is 9.10. The van der Waals surface area contributed by atoms with Crippen LogP contribution < -0.4 is 10.1 Å². The topological polar surface area (TPSA) is 94.4 Å². The summed E-state index contributed by atoms with van der Waals surface area (Å²) in [6.45, 7) is 3.89. The number of hydrogen-bond donors (Lipinski definition) is 1. The average molecular weight is 380 g/mol. The molecule has 0 radical (unpaired) electrons. The quantitative estimate of drug-likeness (QED) is 0.630. The standard InChI is InChI=1S/C15H14BrN3O4/c1-3-23-13-5-4-10(7-12(13)19(21)22)15(20)18-14-6-9(2)11(16)8-17-14/h4-8H,3H2,1-2H3,(H,17,18,20). The Labute approximate surface area is 141 Å². The second-order valence-corrected chi connectivity index (χ2v) is 5.50. The first-order valence-corrected chi connectivity index (χ1v) is 7.56. The number of carbonyl (C=O) groups is 1. The Balaban J connectivity index is 2.26. The van der Waals surface area contributed by atoms with Crippen molar-refractivity contribution >= 4 is 33.3 Å². The molecule has 0 spiro atoms. The summed E-state index contributed by atoms with van der Waals surface area (Å²) in [5.41, 5.74) is 0.815. The Hall–Kier alpha value is -2.48. The van der Waals surface area contributed by atoms with E-state index in [2.05, 4.69) is 26.2 Å². The first-order valence-electron chi connectivity index (χ1n) is 6.77. The van der Waals surface area contributed by atoms with Crippen LogP contribution in [0.1, 0.15) is 22.8 Å². The summed E-state index contributed by atoms with van der Waals surface area (Å²) in [5.74, 6) is 0.0178.